The van der Waals surface area contributed by atoms with Crippen LogP contribution in [-0.2, 0) is 9.59 Å². The van der Waals surface area contributed by atoms with Crippen LogP contribution in [0.5, 0.6) is 0 Å². The molecule has 9 heteroatoms. The van der Waals surface area contributed by atoms with E-state index in [0.717, 1.165) is 16.0 Å². The fourth-order valence-corrected chi connectivity index (χ4v) is 2.67. The fourth-order valence-electron chi connectivity index (χ4n) is 1.08. The van der Waals surface area contributed by atoms with Gasteiger partial charge in [0.25, 0.3) is 0 Å². The summed E-state index contributed by atoms with van der Waals surface area (Å²) in [5.41, 5.74) is 0. The van der Waals surface area contributed by atoms with Crippen molar-refractivity contribution in [3.05, 3.63) is 0 Å². The van der Waals surface area contributed by atoms with E-state index in [-0.39, 0.29) is 24.1 Å². The van der Waals surface area contributed by atoms with E-state index in [1.807, 2.05) is 0 Å². The number of anilines is 1. The molecule has 20 heavy (non-hydrogen) atoms. The highest BCUT2D eigenvalue weighted by Crippen LogP contribution is 2.25. The molecule has 112 valence electrons. The first-order valence-electron chi connectivity index (χ1n) is 6.18. The zero-order chi connectivity index (χ0) is 15.0. The van der Waals surface area contributed by atoms with E-state index in [1.165, 1.54) is 30.1 Å². The van der Waals surface area contributed by atoms with Gasteiger partial charge in [0.15, 0.2) is 4.34 Å². The Bertz CT molecular complexity index is 450. The van der Waals surface area contributed by atoms with Gasteiger partial charge in [-0.2, -0.15) is 0 Å². The van der Waals surface area contributed by atoms with Gasteiger partial charge in [-0.1, -0.05) is 36.9 Å². The number of likely N-dealkylation sites (N-methyl/N-ethyl adjacent to an activating group) is 1. The molecule has 1 aromatic rings. The van der Waals surface area contributed by atoms with Crippen molar-refractivity contribution in [2.45, 2.75) is 18.2 Å². The Morgan fingerprint density at radius 3 is 2.70 bits per heavy atom. The molecule has 7 nitrogen and oxygen atoms in total. The number of carbonyl (C=O) groups is 2. The van der Waals surface area contributed by atoms with Crippen LogP contribution in [0, 0.1) is 5.92 Å². The lowest BCUT2D eigenvalue weighted by atomic mass is 10.2. The zero-order valence-electron chi connectivity index (χ0n) is 11.7. The highest BCUT2D eigenvalue weighted by molar-refractivity contribution is 8.01. The highest BCUT2D eigenvalue weighted by Gasteiger charge is 2.09. The molecule has 0 fully saturated rings. The second kappa shape index (κ2) is 8.75. The smallest absolute Gasteiger partial charge is 0.239 e. The van der Waals surface area contributed by atoms with E-state index in [1.54, 1.807) is 0 Å². The van der Waals surface area contributed by atoms with Crippen LogP contribution in [0.3, 0.4) is 0 Å². The third-order valence-corrected chi connectivity index (χ3v) is 4.13. The van der Waals surface area contributed by atoms with E-state index in [9.17, 15) is 9.59 Å². The molecule has 0 radical (unpaired) electrons. The van der Waals surface area contributed by atoms with Crippen LogP contribution in [-0.4, -0.2) is 47.9 Å². The normalized spacial score (nSPS) is 10.4. The maximum Gasteiger partial charge on any atom is 0.239 e. The summed E-state index contributed by atoms with van der Waals surface area (Å²) in [6, 6.07) is 0. The number of amides is 2. The lowest BCUT2D eigenvalue weighted by Crippen LogP contribution is -2.35. The topological polar surface area (TPSA) is 96.0 Å². The minimum Gasteiger partial charge on any atom is -0.360 e. The van der Waals surface area contributed by atoms with E-state index >= 15 is 0 Å². The molecule has 1 rings (SSSR count). The minimum atomic E-state index is -0.223. The molecule has 0 aliphatic carbocycles. The predicted octanol–water partition coefficient (Wildman–Crippen LogP) is 0.560. The summed E-state index contributed by atoms with van der Waals surface area (Å²) in [7, 11) is 1.52. The average molecular weight is 317 g/mol. The Balaban J connectivity index is 2.27. The van der Waals surface area contributed by atoms with E-state index in [0.29, 0.717) is 5.92 Å². The Morgan fingerprint density at radius 2 is 2.05 bits per heavy atom. The first-order chi connectivity index (χ1) is 9.51. The van der Waals surface area contributed by atoms with Crippen molar-refractivity contribution in [1.29, 1.82) is 0 Å². The van der Waals surface area contributed by atoms with Crippen molar-refractivity contribution in [2.75, 3.05) is 31.2 Å². The molecular weight excluding hydrogens is 298 g/mol. The molecule has 1 heterocycles. The second-order valence-electron chi connectivity index (χ2n) is 4.39. The number of hydrogen-bond donors (Lipinski definition) is 3. The molecule has 2 amide bonds. The number of nitrogens with zero attached hydrogens (tertiary/aromatic N) is 2. The Hall–Kier alpha value is -1.35. The van der Waals surface area contributed by atoms with Gasteiger partial charge in [0.1, 0.15) is 0 Å². The third kappa shape index (κ3) is 6.71. The summed E-state index contributed by atoms with van der Waals surface area (Å²) >= 11 is 2.72. The fraction of sp³-hybridized carbons (Fsp3) is 0.636. The molecule has 0 saturated heterocycles. The molecule has 0 saturated carbocycles. The van der Waals surface area contributed by atoms with Crippen LogP contribution < -0.4 is 16.0 Å². The van der Waals surface area contributed by atoms with Gasteiger partial charge in [-0.15, -0.1) is 10.2 Å². The quantitative estimate of drug-likeness (QED) is 0.606. The lowest BCUT2D eigenvalue weighted by Gasteiger charge is -2.03. The second-order valence-corrected chi connectivity index (χ2v) is 6.59. The predicted molar refractivity (Wildman–Crippen MR) is 81.0 cm³/mol. The molecular formula is C11H19N5O2S2. The van der Waals surface area contributed by atoms with Crippen LogP contribution in [0.1, 0.15) is 13.8 Å². The summed E-state index contributed by atoms with van der Waals surface area (Å²) in [4.78, 5) is 22.4. The summed E-state index contributed by atoms with van der Waals surface area (Å²) in [5, 5.41) is 16.9. The lowest BCUT2D eigenvalue weighted by molar-refractivity contribution is -0.124. The van der Waals surface area contributed by atoms with Crippen LogP contribution >= 0.6 is 23.1 Å². The third-order valence-electron chi connectivity index (χ3n) is 2.12. The molecule has 0 aromatic carbocycles. The van der Waals surface area contributed by atoms with E-state index in [4.69, 9.17) is 0 Å². The van der Waals surface area contributed by atoms with Crippen molar-refractivity contribution >= 4 is 40.0 Å². The number of rotatable bonds is 8. The van der Waals surface area contributed by atoms with Crippen molar-refractivity contribution in [2.24, 2.45) is 5.92 Å². The SMILES string of the molecule is CNC(=O)CNC(=O)CSc1nnc(NCC(C)C)s1. The van der Waals surface area contributed by atoms with Crippen LogP contribution in [0.25, 0.3) is 0 Å². The zero-order valence-corrected chi connectivity index (χ0v) is 13.4. The largest absolute Gasteiger partial charge is 0.360 e. The molecule has 0 unspecified atom stereocenters. The van der Waals surface area contributed by atoms with Crippen LogP contribution in [0.2, 0.25) is 0 Å². The number of carbonyl (C=O) groups excluding carboxylic acids is 2. The van der Waals surface area contributed by atoms with Crippen molar-refractivity contribution in [3.63, 3.8) is 0 Å². The maximum absolute atomic E-state index is 11.5. The highest BCUT2D eigenvalue weighted by atomic mass is 32.2. The van der Waals surface area contributed by atoms with Gasteiger partial charge in [0.05, 0.1) is 12.3 Å². The molecule has 0 bridgehead atoms. The number of hydrogen-bond acceptors (Lipinski definition) is 7. The Labute approximate surface area is 126 Å². The van der Waals surface area contributed by atoms with Gasteiger partial charge in [0, 0.05) is 13.6 Å². The maximum atomic E-state index is 11.5. The van der Waals surface area contributed by atoms with Gasteiger partial charge >= 0.3 is 0 Å². The van der Waals surface area contributed by atoms with Crippen LogP contribution in [0.15, 0.2) is 4.34 Å². The van der Waals surface area contributed by atoms with E-state index < -0.39 is 0 Å². The monoisotopic (exact) mass is 317 g/mol. The summed E-state index contributed by atoms with van der Waals surface area (Å²) in [5.74, 6) is 0.325. The molecule has 0 aliphatic rings. The summed E-state index contributed by atoms with van der Waals surface area (Å²) in [6.07, 6.45) is 0. The molecule has 3 N–H and O–H groups in total. The first-order valence-corrected chi connectivity index (χ1v) is 7.99. The van der Waals surface area contributed by atoms with Crippen molar-refractivity contribution < 1.29 is 9.59 Å². The van der Waals surface area contributed by atoms with Crippen molar-refractivity contribution in [3.8, 4) is 0 Å². The van der Waals surface area contributed by atoms with Crippen molar-refractivity contribution in [1.82, 2.24) is 20.8 Å². The van der Waals surface area contributed by atoms with Gasteiger partial charge in [-0.25, -0.2) is 0 Å². The number of nitrogens with one attached hydrogen (secondary N) is 3. The first kappa shape index (κ1) is 16.7. The van der Waals surface area contributed by atoms with Gasteiger partial charge in [-0.05, 0) is 5.92 Å². The molecule has 0 spiro atoms. The summed E-state index contributed by atoms with van der Waals surface area (Å²) < 4.78 is 0.728. The summed E-state index contributed by atoms with van der Waals surface area (Å²) in [6.45, 7) is 5.06. The number of aromatic nitrogens is 2. The average Bonchev–Trinajstić information content (AvgIpc) is 2.88. The Morgan fingerprint density at radius 1 is 1.30 bits per heavy atom. The molecule has 0 aliphatic heterocycles. The standard InChI is InChI=1S/C11H19N5O2S2/c1-7(2)4-14-10-15-16-11(20-10)19-6-9(18)13-5-8(17)12-3/h7H,4-6H2,1-3H3,(H,12,17)(H,13,18)(H,14,15). The van der Waals surface area contributed by atoms with Gasteiger partial charge < -0.3 is 16.0 Å². The molecule has 1 aromatic heterocycles. The van der Waals surface area contributed by atoms with Gasteiger partial charge in [-0.3, -0.25) is 9.59 Å². The van der Waals surface area contributed by atoms with Crippen LogP contribution in [0.4, 0.5) is 5.13 Å². The number of thioether (sulfide) groups is 1. The van der Waals surface area contributed by atoms with Gasteiger partial charge in [0.2, 0.25) is 16.9 Å². The Kier molecular flexibility index (Phi) is 7.31. The molecule has 0 atom stereocenters. The van der Waals surface area contributed by atoms with E-state index in [2.05, 4.69) is 40.0 Å². The minimum absolute atomic E-state index is 0.00674.